The van der Waals surface area contributed by atoms with Crippen molar-refractivity contribution >= 4 is 72.1 Å². The van der Waals surface area contributed by atoms with Gasteiger partial charge in [-0.25, -0.2) is 4.98 Å². The van der Waals surface area contributed by atoms with Gasteiger partial charge in [-0.15, -0.1) is 23.7 Å². The molecule has 0 radical (unpaired) electrons. The second-order valence-corrected chi connectivity index (χ2v) is 9.73. The van der Waals surface area contributed by atoms with Gasteiger partial charge in [0, 0.05) is 35.3 Å². The molecule has 0 fully saturated rings. The predicted molar refractivity (Wildman–Crippen MR) is 146 cm³/mol. The second-order valence-electron chi connectivity index (χ2n) is 7.63. The Kier molecular flexibility index (Phi) is 9.01. The van der Waals surface area contributed by atoms with E-state index in [2.05, 4.69) is 18.7 Å². The van der Waals surface area contributed by atoms with Crippen LogP contribution in [-0.4, -0.2) is 53.5 Å². The number of amides is 1. The normalized spacial score (nSPS) is 11.1. The van der Waals surface area contributed by atoms with E-state index in [9.17, 15) is 14.9 Å². The highest BCUT2D eigenvalue weighted by Crippen LogP contribution is 2.34. The van der Waals surface area contributed by atoms with Gasteiger partial charge >= 0.3 is 0 Å². The lowest BCUT2D eigenvalue weighted by molar-refractivity contribution is -0.384. The molecular formula is C24H27ClN4O4S2. The summed E-state index contributed by atoms with van der Waals surface area (Å²) < 4.78 is 7.40. The van der Waals surface area contributed by atoms with Crippen molar-refractivity contribution in [1.29, 1.82) is 0 Å². The molecule has 0 saturated carbocycles. The predicted octanol–water partition coefficient (Wildman–Crippen LogP) is 6.23. The largest absolute Gasteiger partial charge is 0.494 e. The average molecular weight is 535 g/mol. The lowest BCUT2D eigenvalue weighted by atomic mass is 10.2. The Balaban J connectivity index is 0.00000342. The first-order valence-corrected chi connectivity index (χ1v) is 12.8. The summed E-state index contributed by atoms with van der Waals surface area (Å²) in [4.78, 5) is 33.7. The number of non-ortho nitro benzene ring substituents is 1. The monoisotopic (exact) mass is 534 g/mol. The molecule has 1 amide bonds. The number of thiazole rings is 1. The zero-order valence-corrected chi connectivity index (χ0v) is 22.2. The smallest absolute Gasteiger partial charge is 0.270 e. The lowest BCUT2D eigenvalue weighted by Gasteiger charge is -2.24. The number of halogens is 1. The molecule has 2 aromatic heterocycles. The number of rotatable bonds is 10. The number of likely N-dealkylation sites (N-methyl/N-ethyl adjacent to an activating group) is 1. The van der Waals surface area contributed by atoms with Crippen molar-refractivity contribution in [3.63, 3.8) is 0 Å². The molecule has 11 heteroatoms. The standard InChI is InChI=1S/C24H26N4O4S2.ClH/c1-4-26(5-2)11-12-27(24-25-19-9-8-18(32-6-3)15-21(19)34-24)23(29)22-14-16-13-17(28(30)31)7-10-20(16)33-22;/h7-10,13-15H,4-6,11-12H2,1-3H3;1H. The number of hydrogen-bond acceptors (Lipinski definition) is 8. The minimum atomic E-state index is -0.424. The molecule has 0 N–H and O–H groups in total. The Labute approximate surface area is 217 Å². The summed E-state index contributed by atoms with van der Waals surface area (Å²) in [5, 5.41) is 12.5. The first kappa shape index (κ1) is 26.8. The highest BCUT2D eigenvalue weighted by atomic mass is 35.5. The molecule has 0 aliphatic rings. The van der Waals surface area contributed by atoms with Crippen molar-refractivity contribution in [1.82, 2.24) is 9.88 Å². The van der Waals surface area contributed by atoms with E-state index in [-0.39, 0.29) is 24.0 Å². The van der Waals surface area contributed by atoms with Crippen molar-refractivity contribution in [2.75, 3.05) is 37.7 Å². The van der Waals surface area contributed by atoms with Gasteiger partial charge in [0.15, 0.2) is 5.13 Å². The van der Waals surface area contributed by atoms with Crippen LogP contribution in [0.3, 0.4) is 0 Å². The van der Waals surface area contributed by atoms with Crippen LogP contribution in [0.1, 0.15) is 30.4 Å². The van der Waals surface area contributed by atoms with E-state index < -0.39 is 4.92 Å². The summed E-state index contributed by atoms with van der Waals surface area (Å²) in [5.74, 6) is 0.623. The summed E-state index contributed by atoms with van der Waals surface area (Å²) in [5.41, 5.74) is 0.829. The van der Waals surface area contributed by atoms with Crippen molar-refractivity contribution in [2.45, 2.75) is 20.8 Å². The number of nitro groups is 1. The SMILES string of the molecule is CCOc1ccc2nc(N(CCN(CC)CC)C(=O)c3cc4cc([N+](=O)[O-])ccc4s3)sc2c1.Cl. The second kappa shape index (κ2) is 11.8. The third kappa shape index (κ3) is 5.90. The number of benzene rings is 2. The van der Waals surface area contributed by atoms with Gasteiger partial charge in [-0.2, -0.15) is 0 Å². The molecule has 2 heterocycles. The van der Waals surface area contributed by atoms with Crippen LogP contribution < -0.4 is 9.64 Å². The molecule has 4 rings (SSSR count). The maximum atomic E-state index is 13.7. The number of nitro benzene ring substituents is 1. The van der Waals surface area contributed by atoms with Crippen LogP contribution in [0, 0.1) is 10.1 Å². The van der Waals surface area contributed by atoms with Gasteiger partial charge in [-0.1, -0.05) is 25.2 Å². The van der Waals surface area contributed by atoms with Crippen LogP contribution in [0.2, 0.25) is 0 Å². The van der Waals surface area contributed by atoms with Gasteiger partial charge in [0.1, 0.15) is 5.75 Å². The zero-order chi connectivity index (χ0) is 24.2. The number of ether oxygens (including phenoxy) is 1. The fourth-order valence-corrected chi connectivity index (χ4v) is 5.72. The van der Waals surface area contributed by atoms with Gasteiger partial charge in [0.25, 0.3) is 11.6 Å². The molecule has 186 valence electrons. The Hall–Kier alpha value is -2.79. The van der Waals surface area contributed by atoms with Crippen LogP contribution in [0.25, 0.3) is 20.3 Å². The summed E-state index contributed by atoms with van der Waals surface area (Å²) in [6, 6.07) is 12.2. The third-order valence-corrected chi connectivity index (χ3v) is 7.74. The molecule has 0 unspecified atom stereocenters. The highest BCUT2D eigenvalue weighted by molar-refractivity contribution is 7.23. The Bertz CT molecular complexity index is 1340. The minimum Gasteiger partial charge on any atom is -0.494 e. The number of thiophene rings is 1. The number of fused-ring (bicyclic) bond motifs is 2. The number of nitrogens with zero attached hydrogens (tertiary/aromatic N) is 4. The van der Waals surface area contributed by atoms with Crippen molar-refractivity contribution < 1.29 is 14.5 Å². The number of carbonyl (C=O) groups excluding carboxylic acids is 1. The fraction of sp³-hybridized carbons (Fsp3) is 0.333. The first-order chi connectivity index (χ1) is 16.4. The van der Waals surface area contributed by atoms with Gasteiger partial charge in [-0.05, 0) is 50.3 Å². The van der Waals surface area contributed by atoms with Crippen molar-refractivity contribution in [3.05, 3.63) is 57.5 Å². The van der Waals surface area contributed by atoms with E-state index in [0.717, 1.165) is 40.3 Å². The van der Waals surface area contributed by atoms with Crippen LogP contribution in [0.4, 0.5) is 10.8 Å². The molecule has 0 spiro atoms. The minimum absolute atomic E-state index is 0. The Morgan fingerprint density at radius 2 is 1.80 bits per heavy atom. The van der Waals surface area contributed by atoms with E-state index in [4.69, 9.17) is 9.72 Å². The third-order valence-electron chi connectivity index (χ3n) is 5.59. The van der Waals surface area contributed by atoms with Crippen LogP contribution in [0.5, 0.6) is 5.75 Å². The van der Waals surface area contributed by atoms with E-state index in [1.54, 1.807) is 17.0 Å². The number of aromatic nitrogens is 1. The molecule has 0 aliphatic carbocycles. The maximum absolute atomic E-state index is 13.7. The molecule has 35 heavy (non-hydrogen) atoms. The zero-order valence-electron chi connectivity index (χ0n) is 19.7. The van der Waals surface area contributed by atoms with E-state index in [1.165, 1.54) is 34.8 Å². The molecule has 2 aromatic carbocycles. The van der Waals surface area contributed by atoms with E-state index in [1.807, 2.05) is 25.1 Å². The number of anilines is 1. The van der Waals surface area contributed by atoms with E-state index in [0.29, 0.717) is 28.5 Å². The molecule has 0 atom stereocenters. The van der Waals surface area contributed by atoms with Crippen LogP contribution >= 0.6 is 35.1 Å². The Morgan fingerprint density at radius 1 is 1.03 bits per heavy atom. The average Bonchev–Trinajstić information content (AvgIpc) is 3.45. The number of hydrogen-bond donors (Lipinski definition) is 0. The Morgan fingerprint density at radius 3 is 2.49 bits per heavy atom. The van der Waals surface area contributed by atoms with Gasteiger partial charge in [0.2, 0.25) is 0 Å². The first-order valence-electron chi connectivity index (χ1n) is 11.2. The van der Waals surface area contributed by atoms with Crippen molar-refractivity contribution in [3.8, 4) is 5.75 Å². The molecule has 0 aliphatic heterocycles. The van der Waals surface area contributed by atoms with Gasteiger partial charge in [-0.3, -0.25) is 19.8 Å². The topological polar surface area (TPSA) is 88.8 Å². The molecular weight excluding hydrogens is 508 g/mol. The van der Waals surface area contributed by atoms with Crippen molar-refractivity contribution in [2.24, 2.45) is 0 Å². The molecule has 8 nitrogen and oxygen atoms in total. The number of carbonyl (C=O) groups is 1. The summed E-state index contributed by atoms with van der Waals surface area (Å²) in [6.45, 7) is 9.71. The highest BCUT2D eigenvalue weighted by Gasteiger charge is 2.24. The summed E-state index contributed by atoms with van der Waals surface area (Å²) in [6.07, 6.45) is 0. The molecule has 4 aromatic rings. The summed E-state index contributed by atoms with van der Waals surface area (Å²) in [7, 11) is 0. The lowest BCUT2D eigenvalue weighted by Crippen LogP contribution is -2.38. The van der Waals surface area contributed by atoms with Crippen LogP contribution in [0.15, 0.2) is 42.5 Å². The molecule has 0 bridgehead atoms. The summed E-state index contributed by atoms with van der Waals surface area (Å²) >= 11 is 2.80. The van der Waals surface area contributed by atoms with Gasteiger partial charge in [0.05, 0.1) is 26.6 Å². The molecule has 0 saturated heterocycles. The quantitative estimate of drug-likeness (QED) is 0.177. The van der Waals surface area contributed by atoms with Crippen LogP contribution in [-0.2, 0) is 0 Å². The fourth-order valence-electron chi connectivity index (χ4n) is 3.71. The van der Waals surface area contributed by atoms with Gasteiger partial charge < -0.3 is 9.64 Å². The van der Waals surface area contributed by atoms with E-state index >= 15 is 0 Å². The maximum Gasteiger partial charge on any atom is 0.270 e.